The van der Waals surface area contributed by atoms with Gasteiger partial charge in [0.1, 0.15) is 5.69 Å². The van der Waals surface area contributed by atoms with Crippen LogP contribution in [0.25, 0.3) is 6.08 Å². The molecule has 0 radical (unpaired) electrons. The molecular formula is C27H28N4O3. The largest absolute Gasteiger partial charge is 0.373 e. The van der Waals surface area contributed by atoms with Crippen molar-refractivity contribution in [3.63, 3.8) is 0 Å². The van der Waals surface area contributed by atoms with Crippen LogP contribution in [0.3, 0.4) is 0 Å². The molecule has 0 spiro atoms. The minimum Gasteiger partial charge on any atom is -0.373 e. The Morgan fingerprint density at radius 3 is 2.26 bits per heavy atom. The summed E-state index contributed by atoms with van der Waals surface area (Å²) in [7, 11) is 0. The zero-order valence-corrected chi connectivity index (χ0v) is 19.1. The summed E-state index contributed by atoms with van der Waals surface area (Å²) >= 11 is 0. The van der Waals surface area contributed by atoms with Crippen molar-refractivity contribution < 1.29 is 9.72 Å². The van der Waals surface area contributed by atoms with Crippen molar-refractivity contribution in [2.24, 2.45) is 0 Å². The van der Waals surface area contributed by atoms with Gasteiger partial charge in [0.2, 0.25) is 5.91 Å². The van der Waals surface area contributed by atoms with Crippen LogP contribution >= 0.6 is 0 Å². The van der Waals surface area contributed by atoms with Gasteiger partial charge in [-0.3, -0.25) is 14.9 Å². The first-order chi connectivity index (χ1) is 16.5. The molecule has 0 bridgehead atoms. The first-order valence-electron chi connectivity index (χ1n) is 11.4. The average molecular weight is 457 g/mol. The van der Waals surface area contributed by atoms with E-state index in [0.717, 1.165) is 16.8 Å². The Morgan fingerprint density at radius 2 is 1.62 bits per heavy atom. The quantitative estimate of drug-likeness (QED) is 0.303. The van der Waals surface area contributed by atoms with Crippen LogP contribution < -0.4 is 10.2 Å². The Hall–Kier alpha value is -4.13. The minimum atomic E-state index is -0.362. The van der Waals surface area contributed by atoms with Crippen LogP contribution in [-0.4, -0.2) is 41.9 Å². The Bertz CT molecular complexity index is 1160. The summed E-state index contributed by atoms with van der Waals surface area (Å²) in [6.07, 6.45) is 3.45. The topological polar surface area (TPSA) is 78.7 Å². The molecule has 4 rings (SSSR count). The van der Waals surface area contributed by atoms with Gasteiger partial charge >= 0.3 is 0 Å². The highest BCUT2D eigenvalue weighted by Gasteiger charge is 2.23. The van der Waals surface area contributed by atoms with E-state index in [1.54, 1.807) is 18.2 Å². The van der Waals surface area contributed by atoms with E-state index in [0.29, 0.717) is 31.9 Å². The molecule has 1 N–H and O–H groups in total. The van der Waals surface area contributed by atoms with E-state index in [2.05, 4.69) is 10.2 Å². The van der Waals surface area contributed by atoms with Crippen molar-refractivity contribution in [3.05, 3.63) is 106 Å². The zero-order valence-electron chi connectivity index (χ0n) is 19.1. The highest BCUT2D eigenvalue weighted by Crippen LogP contribution is 2.32. The van der Waals surface area contributed by atoms with Gasteiger partial charge in [-0.1, -0.05) is 60.7 Å². The highest BCUT2D eigenvalue weighted by atomic mass is 16.6. The Morgan fingerprint density at radius 1 is 0.971 bits per heavy atom. The lowest BCUT2D eigenvalue weighted by molar-refractivity contribution is -0.384. The second-order valence-corrected chi connectivity index (χ2v) is 8.29. The number of nitro groups is 1. The molecule has 7 heteroatoms. The van der Waals surface area contributed by atoms with E-state index >= 15 is 0 Å². The third-order valence-corrected chi connectivity index (χ3v) is 6.02. The number of benzene rings is 3. The van der Waals surface area contributed by atoms with Gasteiger partial charge in [0.25, 0.3) is 5.69 Å². The molecule has 1 atom stereocenters. The number of rotatable bonds is 7. The second-order valence-electron chi connectivity index (χ2n) is 8.29. The molecule has 34 heavy (non-hydrogen) atoms. The maximum Gasteiger partial charge on any atom is 0.292 e. The molecule has 1 fully saturated rings. The van der Waals surface area contributed by atoms with Gasteiger partial charge < -0.3 is 15.1 Å². The number of hydrogen-bond donors (Lipinski definition) is 1. The summed E-state index contributed by atoms with van der Waals surface area (Å²) in [5.41, 5.74) is 3.48. The monoisotopic (exact) mass is 456 g/mol. The summed E-state index contributed by atoms with van der Waals surface area (Å²) in [6, 6.07) is 24.7. The molecule has 7 nitrogen and oxygen atoms in total. The van der Waals surface area contributed by atoms with E-state index < -0.39 is 0 Å². The fraction of sp³-hybridized carbons (Fsp3) is 0.222. The van der Waals surface area contributed by atoms with Crippen molar-refractivity contribution in [2.45, 2.75) is 13.0 Å². The van der Waals surface area contributed by atoms with Crippen molar-refractivity contribution in [3.8, 4) is 0 Å². The first kappa shape index (κ1) is 23.0. The van der Waals surface area contributed by atoms with Gasteiger partial charge in [-0.15, -0.1) is 0 Å². The van der Waals surface area contributed by atoms with E-state index in [4.69, 9.17) is 0 Å². The molecule has 1 amide bonds. The molecular weight excluding hydrogens is 428 g/mol. The predicted molar refractivity (Wildman–Crippen MR) is 136 cm³/mol. The standard InChI is InChI=1S/C27H28N4O3/c1-21(23-10-6-3-7-11-23)28-25-20-24(13-14-26(25)31(33)34)29-16-18-30(19-17-29)27(32)15-12-22-8-4-2-5-9-22/h2-15,20-21,28H,16-19H2,1H3/b15-12+/t21-/m0/s1. The molecule has 0 aromatic heterocycles. The molecule has 1 heterocycles. The van der Waals surface area contributed by atoms with Crippen LogP contribution in [0.15, 0.2) is 84.9 Å². The van der Waals surface area contributed by atoms with Crippen molar-refractivity contribution in [2.75, 3.05) is 36.4 Å². The van der Waals surface area contributed by atoms with Crippen molar-refractivity contribution in [1.82, 2.24) is 4.90 Å². The first-order valence-corrected chi connectivity index (χ1v) is 11.4. The highest BCUT2D eigenvalue weighted by molar-refractivity contribution is 5.92. The summed E-state index contributed by atoms with van der Waals surface area (Å²) in [4.78, 5) is 27.8. The lowest BCUT2D eigenvalue weighted by atomic mass is 10.1. The van der Waals surface area contributed by atoms with Gasteiger partial charge in [-0.05, 0) is 36.3 Å². The fourth-order valence-electron chi connectivity index (χ4n) is 4.08. The number of carbonyl (C=O) groups is 1. The summed E-state index contributed by atoms with van der Waals surface area (Å²) in [6.45, 7) is 4.50. The smallest absolute Gasteiger partial charge is 0.292 e. The van der Waals surface area contributed by atoms with Crippen LogP contribution in [0.2, 0.25) is 0 Å². The molecule has 0 aliphatic carbocycles. The van der Waals surface area contributed by atoms with E-state index in [-0.39, 0.29) is 22.6 Å². The number of hydrogen-bond acceptors (Lipinski definition) is 5. The predicted octanol–water partition coefficient (Wildman–Crippen LogP) is 5.13. The van der Waals surface area contributed by atoms with Gasteiger partial charge in [0.05, 0.1) is 4.92 Å². The molecule has 1 saturated heterocycles. The molecule has 1 aliphatic rings. The molecule has 174 valence electrons. The van der Waals surface area contributed by atoms with Gasteiger partial charge in [0, 0.05) is 50.1 Å². The third-order valence-electron chi connectivity index (χ3n) is 6.02. The normalized spacial score (nSPS) is 14.7. The zero-order chi connectivity index (χ0) is 23.9. The molecule has 0 saturated carbocycles. The van der Waals surface area contributed by atoms with E-state index in [9.17, 15) is 14.9 Å². The van der Waals surface area contributed by atoms with Gasteiger partial charge in [-0.25, -0.2) is 0 Å². The lowest BCUT2D eigenvalue weighted by Gasteiger charge is -2.36. The van der Waals surface area contributed by atoms with Crippen LogP contribution in [0.5, 0.6) is 0 Å². The van der Waals surface area contributed by atoms with Crippen LogP contribution in [-0.2, 0) is 4.79 Å². The molecule has 3 aromatic carbocycles. The fourth-order valence-corrected chi connectivity index (χ4v) is 4.08. The Balaban J connectivity index is 1.42. The number of amides is 1. The molecule has 0 unspecified atom stereocenters. The van der Waals surface area contributed by atoms with Crippen molar-refractivity contribution in [1.29, 1.82) is 0 Å². The Kier molecular flexibility index (Phi) is 7.22. The molecule has 1 aliphatic heterocycles. The lowest BCUT2D eigenvalue weighted by Crippen LogP contribution is -2.48. The number of anilines is 2. The summed E-state index contributed by atoms with van der Waals surface area (Å²) in [5, 5.41) is 14.9. The number of nitro benzene ring substituents is 1. The number of piperazine rings is 1. The van der Waals surface area contributed by atoms with Gasteiger partial charge in [-0.2, -0.15) is 0 Å². The number of nitrogens with zero attached hydrogens (tertiary/aromatic N) is 3. The number of nitrogens with one attached hydrogen (secondary N) is 1. The van der Waals surface area contributed by atoms with Crippen LogP contribution in [0.4, 0.5) is 17.1 Å². The molecule has 3 aromatic rings. The maximum atomic E-state index is 12.6. The van der Waals surface area contributed by atoms with Gasteiger partial charge in [0.15, 0.2) is 0 Å². The average Bonchev–Trinajstić information content (AvgIpc) is 2.88. The van der Waals surface area contributed by atoms with E-state index in [1.807, 2.05) is 84.6 Å². The third kappa shape index (κ3) is 5.61. The summed E-state index contributed by atoms with van der Waals surface area (Å²) in [5.74, 6) is -0.00811. The van der Waals surface area contributed by atoms with Crippen LogP contribution in [0.1, 0.15) is 24.1 Å². The Labute approximate surface area is 199 Å². The van der Waals surface area contributed by atoms with Crippen molar-refractivity contribution >= 4 is 29.0 Å². The second kappa shape index (κ2) is 10.7. The summed E-state index contributed by atoms with van der Waals surface area (Å²) < 4.78 is 0. The maximum absolute atomic E-state index is 12.6. The number of carbonyl (C=O) groups excluding carboxylic acids is 1. The van der Waals surface area contributed by atoms with Crippen LogP contribution in [0, 0.1) is 10.1 Å². The minimum absolute atomic E-state index is 0.00811. The SMILES string of the molecule is C[C@H](Nc1cc(N2CCN(C(=O)/C=C/c3ccccc3)CC2)ccc1[N+](=O)[O-])c1ccccc1. The van der Waals surface area contributed by atoms with E-state index in [1.165, 1.54) is 0 Å².